The number of piperidine rings is 1. The summed E-state index contributed by atoms with van der Waals surface area (Å²) >= 11 is 0. The number of anilines is 1. The molecule has 0 bridgehead atoms. The second-order valence-corrected chi connectivity index (χ2v) is 8.97. The van der Waals surface area contributed by atoms with Crippen molar-refractivity contribution in [3.05, 3.63) is 48.7 Å². The fraction of sp³-hybridized carbons (Fsp3) is 0.500. The standard InChI is InChI=1S/C18H23N3O2.3C2HF3O2/c1-4-16(12-19-7-1)21-8-3-6-18(15-21)14-20(9-11-23-18)13-17-5-2-10-22-17;3*3-2(4,5)1(6)7/h1-2,4-5,7,10,12H,3,6,8-9,11,13-15H2;3*(H,6,7). The van der Waals surface area contributed by atoms with Crippen LogP contribution in [0.1, 0.15) is 18.6 Å². The van der Waals surface area contributed by atoms with Crippen molar-refractivity contribution in [3.8, 4) is 0 Å². The number of morpholine rings is 1. The van der Waals surface area contributed by atoms with Crippen molar-refractivity contribution in [1.29, 1.82) is 0 Å². The zero-order chi connectivity index (χ0) is 33.8. The minimum Gasteiger partial charge on any atom is -0.475 e. The van der Waals surface area contributed by atoms with E-state index in [1.165, 1.54) is 5.69 Å². The molecule has 2 saturated heterocycles. The molecule has 0 aromatic carbocycles. The zero-order valence-electron chi connectivity index (χ0n) is 22.3. The number of aromatic nitrogens is 1. The smallest absolute Gasteiger partial charge is 0.475 e. The number of ether oxygens (including phenoxy) is 1. The van der Waals surface area contributed by atoms with E-state index in [0.29, 0.717) is 0 Å². The number of rotatable bonds is 3. The van der Waals surface area contributed by atoms with E-state index >= 15 is 0 Å². The van der Waals surface area contributed by atoms with E-state index in [-0.39, 0.29) is 5.60 Å². The Morgan fingerprint density at radius 1 is 0.841 bits per heavy atom. The van der Waals surface area contributed by atoms with Crippen LogP contribution < -0.4 is 4.90 Å². The van der Waals surface area contributed by atoms with Crippen molar-refractivity contribution >= 4 is 23.6 Å². The molecule has 2 aliphatic heterocycles. The van der Waals surface area contributed by atoms with E-state index in [0.717, 1.165) is 57.9 Å². The summed E-state index contributed by atoms with van der Waals surface area (Å²) in [4.78, 5) is 35.8. The highest BCUT2D eigenvalue weighted by molar-refractivity contribution is 5.73. The van der Waals surface area contributed by atoms with Crippen LogP contribution in [0.5, 0.6) is 0 Å². The summed E-state index contributed by atoms with van der Waals surface area (Å²) in [5, 5.41) is 21.4. The number of nitrogens with zero attached hydrogens (tertiary/aromatic N) is 3. The summed E-state index contributed by atoms with van der Waals surface area (Å²) in [6.45, 7) is 5.61. The average molecular weight is 655 g/mol. The first kappa shape index (κ1) is 38.0. The van der Waals surface area contributed by atoms with Crippen molar-refractivity contribution in [2.24, 2.45) is 0 Å². The molecular weight excluding hydrogens is 629 g/mol. The molecular formula is C24H26F9N3O8. The second-order valence-electron chi connectivity index (χ2n) is 8.97. The van der Waals surface area contributed by atoms with E-state index in [4.69, 9.17) is 38.9 Å². The van der Waals surface area contributed by atoms with Crippen LogP contribution in [0.3, 0.4) is 0 Å². The van der Waals surface area contributed by atoms with Crippen molar-refractivity contribution in [2.45, 2.75) is 43.5 Å². The van der Waals surface area contributed by atoms with E-state index in [1.807, 2.05) is 30.6 Å². The maximum Gasteiger partial charge on any atom is 0.490 e. The SMILES string of the molecule is O=C(O)C(F)(F)F.O=C(O)C(F)(F)F.O=C(O)C(F)(F)F.c1cncc(N2CCCC3(CN(Cc4ccco4)CCO3)C2)c1. The fourth-order valence-corrected chi connectivity index (χ4v) is 3.79. The molecule has 248 valence electrons. The molecule has 0 aliphatic carbocycles. The van der Waals surface area contributed by atoms with Crippen LogP contribution in [-0.4, -0.2) is 100 Å². The molecule has 0 radical (unpaired) electrons. The lowest BCUT2D eigenvalue weighted by atomic mass is 9.90. The molecule has 1 unspecified atom stereocenters. The molecule has 4 rings (SSSR count). The number of carboxylic acid groups (broad SMARTS) is 3. The predicted molar refractivity (Wildman–Crippen MR) is 129 cm³/mol. The van der Waals surface area contributed by atoms with Gasteiger partial charge in [-0.3, -0.25) is 9.88 Å². The number of hydrogen-bond acceptors (Lipinski definition) is 8. The topological polar surface area (TPSA) is 154 Å². The van der Waals surface area contributed by atoms with Gasteiger partial charge in [0.25, 0.3) is 0 Å². The quantitative estimate of drug-likeness (QED) is 0.402. The Balaban J connectivity index is 0.000000379. The fourth-order valence-electron chi connectivity index (χ4n) is 3.79. The molecule has 2 fully saturated rings. The first-order chi connectivity index (χ1) is 20.2. The molecule has 0 amide bonds. The zero-order valence-corrected chi connectivity index (χ0v) is 22.3. The normalized spacial score (nSPS) is 18.9. The van der Waals surface area contributed by atoms with E-state index in [2.05, 4.69) is 20.9 Å². The summed E-state index contributed by atoms with van der Waals surface area (Å²) in [5.41, 5.74) is 1.12. The van der Waals surface area contributed by atoms with Gasteiger partial charge in [0.05, 0.1) is 36.9 Å². The van der Waals surface area contributed by atoms with Crippen molar-refractivity contribution in [2.75, 3.05) is 37.7 Å². The summed E-state index contributed by atoms with van der Waals surface area (Å²) in [7, 11) is 0. The van der Waals surface area contributed by atoms with Crippen LogP contribution in [0.25, 0.3) is 0 Å². The van der Waals surface area contributed by atoms with Crippen LogP contribution >= 0.6 is 0 Å². The van der Waals surface area contributed by atoms with Crippen molar-refractivity contribution in [3.63, 3.8) is 0 Å². The van der Waals surface area contributed by atoms with Gasteiger partial charge in [-0.2, -0.15) is 39.5 Å². The molecule has 1 spiro atoms. The molecule has 2 aromatic heterocycles. The van der Waals surface area contributed by atoms with Crippen LogP contribution in [0.4, 0.5) is 45.2 Å². The summed E-state index contributed by atoms with van der Waals surface area (Å²) in [6, 6.07) is 8.14. The maximum atomic E-state index is 10.6. The van der Waals surface area contributed by atoms with Gasteiger partial charge in [-0.25, -0.2) is 14.4 Å². The molecule has 2 aromatic rings. The average Bonchev–Trinajstić information content (AvgIpc) is 3.42. The molecule has 20 heteroatoms. The highest BCUT2D eigenvalue weighted by Crippen LogP contribution is 2.32. The predicted octanol–water partition coefficient (Wildman–Crippen LogP) is 4.45. The third-order valence-corrected chi connectivity index (χ3v) is 5.57. The number of carbonyl (C=O) groups is 3. The van der Waals surface area contributed by atoms with Crippen LogP contribution in [-0.2, 0) is 25.7 Å². The molecule has 0 saturated carbocycles. The van der Waals surface area contributed by atoms with Crippen molar-refractivity contribution < 1.29 is 78.4 Å². The number of aliphatic carboxylic acids is 3. The molecule has 2 aliphatic rings. The number of carboxylic acids is 3. The van der Waals surface area contributed by atoms with Crippen LogP contribution in [0.2, 0.25) is 0 Å². The Morgan fingerprint density at radius 2 is 1.39 bits per heavy atom. The monoisotopic (exact) mass is 655 g/mol. The minimum absolute atomic E-state index is 0.0705. The Bertz CT molecular complexity index is 1120. The Hall–Kier alpha value is -4.07. The Kier molecular flexibility index (Phi) is 13.9. The summed E-state index contributed by atoms with van der Waals surface area (Å²) < 4.78 is 107. The van der Waals surface area contributed by atoms with Crippen LogP contribution in [0.15, 0.2) is 47.3 Å². The molecule has 44 heavy (non-hydrogen) atoms. The molecule has 11 nitrogen and oxygen atoms in total. The third-order valence-electron chi connectivity index (χ3n) is 5.57. The number of furan rings is 1. The summed E-state index contributed by atoms with van der Waals surface area (Å²) in [6.07, 6.45) is -7.45. The number of hydrogen-bond donors (Lipinski definition) is 3. The maximum absolute atomic E-state index is 10.6. The number of pyridine rings is 1. The third kappa shape index (κ3) is 13.9. The van der Waals surface area contributed by atoms with Gasteiger partial charge in [-0.1, -0.05) is 0 Å². The van der Waals surface area contributed by atoms with Gasteiger partial charge < -0.3 is 29.4 Å². The molecule has 3 N–H and O–H groups in total. The van der Waals surface area contributed by atoms with Gasteiger partial charge in [0.2, 0.25) is 0 Å². The lowest BCUT2D eigenvalue weighted by molar-refractivity contribution is -0.193. The van der Waals surface area contributed by atoms with Crippen molar-refractivity contribution in [1.82, 2.24) is 9.88 Å². The number of alkyl halides is 9. The lowest BCUT2D eigenvalue weighted by Gasteiger charge is -2.48. The minimum atomic E-state index is -5.08. The van der Waals surface area contributed by atoms with E-state index in [9.17, 15) is 39.5 Å². The second kappa shape index (κ2) is 16.1. The summed E-state index contributed by atoms with van der Waals surface area (Å²) in [5.74, 6) is -7.24. The van der Waals surface area contributed by atoms with Gasteiger partial charge >= 0.3 is 36.4 Å². The lowest BCUT2D eigenvalue weighted by Crippen LogP contribution is -2.59. The molecule has 1 atom stereocenters. The first-order valence-electron chi connectivity index (χ1n) is 12.1. The first-order valence-corrected chi connectivity index (χ1v) is 12.1. The highest BCUT2D eigenvalue weighted by atomic mass is 19.4. The van der Waals surface area contributed by atoms with Gasteiger partial charge in [0.15, 0.2) is 0 Å². The molecule has 4 heterocycles. The Labute approximate surface area is 242 Å². The van der Waals surface area contributed by atoms with Gasteiger partial charge in [0.1, 0.15) is 5.76 Å². The number of halogens is 9. The highest BCUT2D eigenvalue weighted by Gasteiger charge is 2.41. The van der Waals surface area contributed by atoms with E-state index < -0.39 is 36.4 Å². The van der Waals surface area contributed by atoms with Gasteiger partial charge in [-0.15, -0.1) is 0 Å². The van der Waals surface area contributed by atoms with E-state index in [1.54, 1.807) is 6.26 Å². The Morgan fingerprint density at radius 3 is 1.82 bits per heavy atom. The van der Waals surface area contributed by atoms with Gasteiger partial charge in [0, 0.05) is 32.4 Å². The van der Waals surface area contributed by atoms with Crippen LogP contribution in [0, 0.1) is 0 Å². The largest absolute Gasteiger partial charge is 0.490 e. The van der Waals surface area contributed by atoms with Gasteiger partial charge in [-0.05, 0) is 37.1 Å².